The fraction of sp³-hybridized carbons (Fsp3) is 1.00. The first kappa shape index (κ1) is 12.7. The van der Waals surface area contributed by atoms with Crippen LogP contribution in [-0.2, 0) is 0 Å². The highest BCUT2D eigenvalue weighted by molar-refractivity contribution is 7.99. The highest BCUT2D eigenvalue weighted by atomic mass is 32.2. The summed E-state index contributed by atoms with van der Waals surface area (Å²) in [5.41, 5.74) is 6.06. The molecule has 0 saturated carbocycles. The van der Waals surface area contributed by atoms with Crippen LogP contribution < -0.4 is 5.73 Å². The highest BCUT2D eigenvalue weighted by Gasteiger charge is 2.31. The van der Waals surface area contributed by atoms with Gasteiger partial charge in [-0.2, -0.15) is 11.8 Å². The van der Waals surface area contributed by atoms with E-state index < -0.39 is 0 Å². The summed E-state index contributed by atoms with van der Waals surface area (Å²) in [4.78, 5) is 2.73. The summed E-state index contributed by atoms with van der Waals surface area (Å²) in [5.74, 6) is 2.09. The van der Waals surface area contributed by atoms with E-state index in [4.69, 9.17) is 5.73 Å². The molecule has 2 rings (SSSR count). The van der Waals surface area contributed by atoms with E-state index in [2.05, 4.69) is 30.5 Å². The molecule has 2 aliphatic heterocycles. The lowest BCUT2D eigenvalue weighted by Crippen LogP contribution is -2.50. The van der Waals surface area contributed by atoms with Gasteiger partial charge in [-0.3, -0.25) is 4.90 Å². The van der Waals surface area contributed by atoms with Crippen LogP contribution in [0, 0.1) is 5.92 Å². The molecule has 0 aromatic carbocycles. The van der Waals surface area contributed by atoms with Crippen molar-refractivity contribution in [3.63, 3.8) is 0 Å². The molecule has 0 radical (unpaired) electrons. The molecule has 2 nitrogen and oxygen atoms in total. The summed E-state index contributed by atoms with van der Waals surface area (Å²) in [5, 5.41) is 0.820. The minimum absolute atomic E-state index is 0.370. The third-order valence-electron chi connectivity index (χ3n) is 4.27. The smallest absolute Gasteiger partial charge is 0.0212 e. The largest absolute Gasteiger partial charge is 0.328 e. The average molecular weight is 242 g/mol. The fourth-order valence-corrected chi connectivity index (χ4v) is 4.39. The first-order valence-electron chi connectivity index (χ1n) is 6.79. The van der Waals surface area contributed by atoms with E-state index in [-0.39, 0.29) is 0 Å². The second-order valence-corrected chi connectivity index (χ2v) is 7.03. The Bertz CT molecular complexity index is 220. The summed E-state index contributed by atoms with van der Waals surface area (Å²) in [6.45, 7) is 7.13. The van der Waals surface area contributed by atoms with Gasteiger partial charge >= 0.3 is 0 Å². The van der Waals surface area contributed by atoms with E-state index in [1.165, 1.54) is 44.5 Å². The second kappa shape index (κ2) is 5.74. The Kier molecular flexibility index (Phi) is 4.57. The first-order valence-corrected chi connectivity index (χ1v) is 7.84. The lowest BCUT2D eigenvalue weighted by molar-refractivity contribution is 0.106. The fourth-order valence-electron chi connectivity index (χ4n) is 3.16. The molecule has 0 amide bonds. The summed E-state index contributed by atoms with van der Waals surface area (Å²) in [7, 11) is 0. The van der Waals surface area contributed by atoms with Crippen LogP contribution in [0.2, 0.25) is 0 Å². The Morgan fingerprint density at radius 3 is 2.81 bits per heavy atom. The van der Waals surface area contributed by atoms with Gasteiger partial charge in [0.05, 0.1) is 0 Å². The van der Waals surface area contributed by atoms with Crippen LogP contribution in [0.25, 0.3) is 0 Å². The van der Waals surface area contributed by atoms with Crippen LogP contribution in [0.3, 0.4) is 0 Å². The Hall–Kier alpha value is 0.270. The molecule has 16 heavy (non-hydrogen) atoms. The third-order valence-corrected chi connectivity index (χ3v) is 5.63. The first-order chi connectivity index (χ1) is 7.68. The molecular weight excluding hydrogens is 216 g/mol. The zero-order valence-electron chi connectivity index (χ0n) is 10.7. The van der Waals surface area contributed by atoms with Crippen molar-refractivity contribution < 1.29 is 0 Å². The van der Waals surface area contributed by atoms with Gasteiger partial charge in [-0.05, 0) is 50.8 Å². The predicted octanol–water partition coefficient (Wildman–Crippen LogP) is 2.33. The van der Waals surface area contributed by atoms with Crippen LogP contribution in [0.4, 0.5) is 0 Å². The number of nitrogens with two attached hydrogens (primary N) is 1. The molecule has 2 saturated heterocycles. The zero-order chi connectivity index (χ0) is 11.5. The van der Waals surface area contributed by atoms with E-state index in [0.29, 0.717) is 6.04 Å². The van der Waals surface area contributed by atoms with Crippen molar-refractivity contribution in [1.29, 1.82) is 0 Å². The van der Waals surface area contributed by atoms with Crippen molar-refractivity contribution in [2.45, 2.75) is 56.9 Å². The molecule has 0 spiro atoms. The van der Waals surface area contributed by atoms with Gasteiger partial charge in [0.15, 0.2) is 0 Å². The van der Waals surface area contributed by atoms with E-state index >= 15 is 0 Å². The standard InChI is InChI=1S/C13H26N2S/c1-10(14)12-5-3-7-15(9-12)13-6-4-8-16-11(13)2/h10-13H,3-9,14H2,1-2H3. The van der Waals surface area contributed by atoms with Crippen LogP contribution >= 0.6 is 11.8 Å². The zero-order valence-corrected chi connectivity index (χ0v) is 11.5. The van der Waals surface area contributed by atoms with Gasteiger partial charge in [0.25, 0.3) is 0 Å². The number of thioether (sulfide) groups is 1. The monoisotopic (exact) mass is 242 g/mol. The predicted molar refractivity (Wildman–Crippen MR) is 72.9 cm³/mol. The maximum absolute atomic E-state index is 6.06. The topological polar surface area (TPSA) is 29.3 Å². The maximum atomic E-state index is 6.06. The third kappa shape index (κ3) is 2.93. The molecule has 2 aliphatic rings. The van der Waals surface area contributed by atoms with Gasteiger partial charge in [-0.15, -0.1) is 0 Å². The molecule has 0 aromatic heterocycles. The molecule has 0 aliphatic carbocycles. The van der Waals surface area contributed by atoms with Crippen LogP contribution in [0.1, 0.15) is 39.5 Å². The SMILES string of the molecule is CC(N)C1CCCN(C2CCCSC2C)C1. The number of piperidine rings is 1. The van der Waals surface area contributed by atoms with Gasteiger partial charge in [-0.25, -0.2) is 0 Å². The Labute approximate surface area is 104 Å². The average Bonchev–Trinajstić information content (AvgIpc) is 2.30. The lowest BCUT2D eigenvalue weighted by atomic mass is 9.90. The lowest BCUT2D eigenvalue weighted by Gasteiger charge is -2.43. The molecular formula is C13H26N2S. The quantitative estimate of drug-likeness (QED) is 0.806. The summed E-state index contributed by atoms with van der Waals surface area (Å²) in [6, 6.07) is 1.19. The van der Waals surface area contributed by atoms with E-state index in [0.717, 1.165) is 17.2 Å². The Morgan fingerprint density at radius 2 is 2.12 bits per heavy atom. The Balaban J connectivity index is 1.92. The molecule has 4 unspecified atom stereocenters. The molecule has 94 valence electrons. The summed E-state index contributed by atoms with van der Waals surface area (Å²) < 4.78 is 0. The van der Waals surface area contributed by atoms with Gasteiger partial charge < -0.3 is 5.73 Å². The van der Waals surface area contributed by atoms with Crippen LogP contribution in [0.15, 0.2) is 0 Å². The summed E-state index contributed by atoms with van der Waals surface area (Å²) in [6.07, 6.45) is 5.49. The number of hydrogen-bond donors (Lipinski definition) is 1. The van der Waals surface area contributed by atoms with E-state index in [1.54, 1.807) is 0 Å². The number of likely N-dealkylation sites (tertiary alicyclic amines) is 1. The van der Waals surface area contributed by atoms with Gasteiger partial charge in [0, 0.05) is 23.9 Å². The van der Waals surface area contributed by atoms with Crippen molar-refractivity contribution >= 4 is 11.8 Å². The molecule has 2 heterocycles. The minimum Gasteiger partial charge on any atom is -0.328 e. The van der Waals surface area contributed by atoms with Gasteiger partial charge in [0.1, 0.15) is 0 Å². The molecule has 0 aromatic rings. The molecule has 2 fully saturated rings. The number of nitrogens with zero attached hydrogens (tertiary/aromatic N) is 1. The van der Waals surface area contributed by atoms with Gasteiger partial charge in [-0.1, -0.05) is 6.92 Å². The van der Waals surface area contributed by atoms with Crippen molar-refractivity contribution in [3.05, 3.63) is 0 Å². The summed E-state index contributed by atoms with van der Waals surface area (Å²) >= 11 is 2.16. The van der Waals surface area contributed by atoms with Gasteiger partial charge in [0.2, 0.25) is 0 Å². The van der Waals surface area contributed by atoms with Crippen molar-refractivity contribution in [1.82, 2.24) is 4.90 Å². The minimum atomic E-state index is 0.370. The van der Waals surface area contributed by atoms with Crippen molar-refractivity contribution in [2.75, 3.05) is 18.8 Å². The molecule has 3 heteroatoms. The maximum Gasteiger partial charge on any atom is 0.0212 e. The van der Waals surface area contributed by atoms with Crippen LogP contribution in [-0.4, -0.2) is 41.1 Å². The second-order valence-electron chi connectivity index (χ2n) is 5.54. The van der Waals surface area contributed by atoms with Crippen molar-refractivity contribution in [3.8, 4) is 0 Å². The van der Waals surface area contributed by atoms with Crippen LogP contribution in [0.5, 0.6) is 0 Å². The number of hydrogen-bond acceptors (Lipinski definition) is 3. The Morgan fingerprint density at radius 1 is 1.31 bits per heavy atom. The molecule has 0 bridgehead atoms. The number of rotatable bonds is 2. The normalized spacial score (nSPS) is 39.6. The van der Waals surface area contributed by atoms with E-state index in [9.17, 15) is 0 Å². The van der Waals surface area contributed by atoms with E-state index in [1.807, 2.05) is 0 Å². The molecule has 4 atom stereocenters. The molecule has 2 N–H and O–H groups in total. The highest BCUT2D eigenvalue weighted by Crippen LogP contribution is 2.31. The van der Waals surface area contributed by atoms with Crippen molar-refractivity contribution in [2.24, 2.45) is 11.7 Å².